The van der Waals surface area contributed by atoms with Crippen molar-refractivity contribution in [3.63, 3.8) is 0 Å². The summed E-state index contributed by atoms with van der Waals surface area (Å²) in [5.41, 5.74) is 1.25. The Hall–Kier alpha value is -2.46. The predicted molar refractivity (Wildman–Crippen MR) is 115 cm³/mol. The Bertz CT molecular complexity index is 1160. The van der Waals surface area contributed by atoms with Crippen molar-refractivity contribution in [1.82, 2.24) is 9.97 Å². The first-order valence-electron chi connectivity index (χ1n) is 9.81. The summed E-state index contributed by atoms with van der Waals surface area (Å²) in [5, 5.41) is 3.18. The molecule has 1 saturated carbocycles. The van der Waals surface area contributed by atoms with Gasteiger partial charge in [0.25, 0.3) is 0 Å². The van der Waals surface area contributed by atoms with Gasteiger partial charge in [-0.1, -0.05) is 23.5 Å². The lowest BCUT2D eigenvalue weighted by molar-refractivity contribution is -0.118. The zero-order valence-corrected chi connectivity index (χ0v) is 18.3. The van der Waals surface area contributed by atoms with Crippen molar-refractivity contribution in [3.8, 4) is 0 Å². The van der Waals surface area contributed by atoms with E-state index in [4.69, 9.17) is 0 Å². The molecule has 4 rings (SSSR count). The molecule has 1 aliphatic rings. The summed E-state index contributed by atoms with van der Waals surface area (Å²) in [7, 11) is -3.38. The van der Waals surface area contributed by atoms with Crippen LogP contribution < -0.4 is 5.32 Å². The van der Waals surface area contributed by atoms with E-state index < -0.39 is 28.1 Å². The number of halogens is 2. The smallest absolute Gasteiger partial charge is 0.233 e. The molecule has 1 fully saturated rings. The Kier molecular flexibility index (Phi) is 6.02. The van der Waals surface area contributed by atoms with Crippen LogP contribution in [-0.2, 0) is 14.6 Å². The van der Waals surface area contributed by atoms with Gasteiger partial charge in [0.2, 0.25) is 5.91 Å². The standard InChI is InChI=1S/C21H21F2N3O3S2/c1-31(28,29)14-6-4-13(5-7-14)15(9-12-10-16(22)17(23)11-12)19(27)26-21-25-18-3-2-8-24-20(18)30-21/h2-8,12,15-17H,9-11H2,1H3,(H,25,26,27)/t12-,15-,16+,17-/m1/s1. The third kappa shape index (κ3) is 4.90. The SMILES string of the molecule is CS(=O)(=O)c1ccc([C@@H](C[C@H]2C[C@@H](F)[C@@H](F)C2)C(=O)Nc2nc3cccnc3s2)cc1. The lowest BCUT2D eigenvalue weighted by atomic mass is 9.87. The first kappa shape index (κ1) is 21.8. The van der Waals surface area contributed by atoms with Crippen molar-refractivity contribution in [2.45, 2.75) is 42.4 Å². The van der Waals surface area contributed by atoms with Gasteiger partial charge >= 0.3 is 0 Å². The molecule has 0 spiro atoms. The molecule has 0 bridgehead atoms. The Morgan fingerprint density at radius 1 is 1.19 bits per heavy atom. The molecule has 3 aromatic rings. The van der Waals surface area contributed by atoms with Crippen LogP contribution in [0.25, 0.3) is 10.3 Å². The van der Waals surface area contributed by atoms with Crippen LogP contribution in [0, 0.1) is 5.92 Å². The molecular formula is C21H21F2N3O3S2. The van der Waals surface area contributed by atoms with Crippen LogP contribution in [0.5, 0.6) is 0 Å². The largest absolute Gasteiger partial charge is 0.301 e. The monoisotopic (exact) mass is 465 g/mol. The summed E-state index contributed by atoms with van der Waals surface area (Å²) < 4.78 is 50.9. The maximum atomic E-state index is 13.7. The number of hydrogen-bond acceptors (Lipinski definition) is 6. The van der Waals surface area contributed by atoms with Gasteiger partial charge in [0.1, 0.15) is 22.7 Å². The first-order valence-corrected chi connectivity index (χ1v) is 12.5. The van der Waals surface area contributed by atoms with Crippen LogP contribution in [0.2, 0.25) is 0 Å². The molecule has 4 atom stereocenters. The second kappa shape index (κ2) is 8.58. The minimum absolute atomic E-state index is 0.0669. The lowest BCUT2D eigenvalue weighted by Crippen LogP contribution is -2.23. The van der Waals surface area contributed by atoms with Crippen LogP contribution >= 0.6 is 11.3 Å². The van der Waals surface area contributed by atoms with Gasteiger partial charge in [0.05, 0.1) is 10.8 Å². The van der Waals surface area contributed by atoms with Gasteiger partial charge in [-0.05, 0) is 55.0 Å². The van der Waals surface area contributed by atoms with Gasteiger partial charge < -0.3 is 5.32 Å². The summed E-state index contributed by atoms with van der Waals surface area (Å²) in [5.74, 6) is -1.34. The molecule has 164 valence electrons. The molecule has 0 aliphatic heterocycles. The molecule has 1 aromatic carbocycles. The average Bonchev–Trinajstić information content (AvgIpc) is 3.27. The number of carbonyl (C=O) groups is 1. The summed E-state index contributed by atoms with van der Waals surface area (Å²) in [4.78, 5) is 22.5. The van der Waals surface area contributed by atoms with Gasteiger partial charge in [0.15, 0.2) is 15.0 Å². The van der Waals surface area contributed by atoms with E-state index in [0.29, 0.717) is 21.0 Å². The van der Waals surface area contributed by atoms with Crippen molar-refractivity contribution in [2.24, 2.45) is 5.92 Å². The predicted octanol–water partition coefficient (Wildman–Crippen LogP) is 4.29. The molecule has 0 radical (unpaired) electrons. The van der Waals surface area contributed by atoms with Gasteiger partial charge in [-0.3, -0.25) is 4.79 Å². The molecular weight excluding hydrogens is 444 g/mol. The zero-order chi connectivity index (χ0) is 22.2. The Balaban J connectivity index is 1.60. The summed E-state index contributed by atoms with van der Waals surface area (Å²) >= 11 is 1.23. The van der Waals surface area contributed by atoms with E-state index >= 15 is 0 Å². The fraction of sp³-hybridized carbons (Fsp3) is 0.381. The Labute approximate surface area is 182 Å². The quantitative estimate of drug-likeness (QED) is 0.587. The van der Waals surface area contributed by atoms with E-state index in [9.17, 15) is 22.0 Å². The van der Waals surface area contributed by atoms with Crippen LogP contribution in [-0.4, -0.2) is 42.9 Å². The first-order chi connectivity index (χ1) is 14.7. The molecule has 0 saturated heterocycles. The molecule has 1 amide bonds. The number of sulfone groups is 1. The van der Waals surface area contributed by atoms with Crippen molar-refractivity contribution < 1.29 is 22.0 Å². The molecule has 1 N–H and O–H groups in total. The number of aromatic nitrogens is 2. The van der Waals surface area contributed by atoms with Gasteiger partial charge in [0, 0.05) is 12.5 Å². The van der Waals surface area contributed by atoms with Crippen molar-refractivity contribution in [2.75, 3.05) is 11.6 Å². The molecule has 1 aliphatic carbocycles. The molecule has 6 nitrogen and oxygen atoms in total. The summed E-state index contributed by atoms with van der Waals surface area (Å²) in [6.07, 6.45) is 0.102. The number of thiazole rings is 1. The van der Waals surface area contributed by atoms with Gasteiger partial charge in [-0.2, -0.15) is 0 Å². The Morgan fingerprint density at radius 3 is 2.48 bits per heavy atom. The fourth-order valence-electron chi connectivity index (χ4n) is 3.91. The van der Waals surface area contributed by atoms with Crippen LogP contribution in [0.15, 0.2) is 47.5 Å². The molecule has 0 unspecified atom stereocenters. The number of fused-ring (bicyclic) bond motifs is 1. The number of nitrogens with one attached hydrogen (secondary N) is 1. The highest BCUT2D eigenvalue weighted by Crippen LogP contribution is 2.38. The average molecular weight is 466 g/mol. The number of carbonyl (C=O) groups excluding carboxylic acids is 1. The van der Waals surface area contributed by atoms with Crippen molar-refractivity contribution in [1.29, 1.82) is 0 Å². The van der Waals surface area contributed by atoms with Crippen LogP contribution in [0.1, 0.15) is 30.7 Å². The maximum Gasteiger partial charge on any atom is 0.233 e. The number of rotatable bonds is 6. The molecule has 2 heterocycles. The van der Waals surface area contributed by atoms with E-state index in [1.165, 1.54) is 23.5 Å². The number of amides is 1. The minimum Gasteiger partial charge on any atom is -0.301 e. The van der Waals surface area contributed by atoms with Crippen LogP contribution in [0.3, 0.4) is 0 Å². The number of anilines is 1. The van der Waals surface area contributed by atoms with E-state index in [1.54, 1.807) is 30.5 Å². The number of alkyl halides is 2. The van der Waals surface area contributed by atoms with Gasteiger partial charge in [-0.25, -0.2) is 27.2 Å². The molecule has 31 heavy (non-hydrogen) atoms. The van der Waals surface area contributed by atoms with E-state index in [1.807, 2.05) is 0 Å². The van der Waals surface area contributed by atoms with E-state index in [-0.39, 0.29) is 36.0 Å². The summed E-state index contributed by atoms with van der Waals surface area (Å²) in [6.45, 7) is 0. The van der Waals surface area contributed by atoms with Gasteiger partial charge in [-0.15, -0.1) is 0 Å². The summed E-state index contributed by atoms with van der Waals surface area (Å²) in [6, 6.07) is 9.58. The van der Waals surface area contributed by atoms with Crippen molar-refractivity contribution in [3.05, 3.63) is 48.2 Å². The normalized spacial score (nSPS) is 22.5. The number of hydrogen-bond donors (Lipinski definition) is 1. The van der Waals surface area contributed by atoms with E-state index in [2.05, 4.69) is 15.3 Å². The Morgan fingerprint density at radius 2 is 1.87 bits per heavy atom. The number of pyridine rings is 1. The second-order valence-electron chi connectivity index (χ2n) is 7.83. The number of benzene rings is 1. The third-order valence-electron chi connectivity index (χ3n) is 5.50. The topological polar surface area (TPSA) is 89.0 Å². The second-order valence-corrected chi connectivity index (χ2v) is 10.8. The third-order valence-corrected chi connectivity index (χ3v) is 7.53. The fourth-order valence-corrected chi connectivity index (χ4v) is 5.35. The molecule has 2 aromatic heterocycles. The highest BCUT2D eigenvalue weighted by atomic mass is 32.2. The molecule has 10 heteroatoms. The minimum atomic E-state index is -3.38. The van der Waals surface area contributed by atoms with Crippen molar-refractivity contribution >= 4 is 42.6 Å². The highest BCUT2D eigenvalue weighted by molar-refractivity contribution is 7.90. The zero-order valence-electron chi connectivity index (χ0n) is 16.7. The van der Waals surface area contributed by atoms with Crippen LogP contribution in [0.4, 0.5) is 13.9 Å². The maximum absolute atomic E-state index is 13.7. The number of nitrogens with zero attached hydrogens (tertiary/aromatic N) is 2. The highest BCUT2D eigenvalue weighted by Gasteiger charge is 2.37. The lowest BCUT2D eigenvalue weighted by Gasteiger charge is -2.20. The van der Waals surface area contributed by atoms with E-state index in [0.717, 1.165) is 6.26 Å².